The number of aromatic nitrogens is 2. The summed E-state index contributed by atoms with van der Waals surface area (Å²) in [5, 5.41) is 1.09. The molecule has 0 saturated carbocycles. The van der Waals surface area contributed by atoms with Crippen LogP contribution in [-0.2, 0) is 0 Å². The van der Waals surface area contributed by atoms with Gasteiger partial charge in [-0.15, -0.1) is 0 Å². The molecule has 0 radical (unpaired) electrons. The first kappa shape index (κ1) is 12.2. The van der Waals surface area contributed by atoms with Gasteiger partial charge < -0.3 is 0 Å². The van der Waals surface area contributed by atoms with Crippen molar-refractivity contribution in [2.24, 2.45) is 0 Å². The van der Waals surface area contributed by atoms with Gasteiger partial charge in [0.05, 0.1) is 28.4 Å². The monoisotopic (exact) mass is 440 g/mol. The molecule has 4 nitrogen and oxygen atoms in total. The van der Waals surface area contributed by atoms with Crippen molar-refractivity contribution in [1.29, 1.82) is 0 Å². The third-order valence-electron chi connectivity index (χ3n) is 2.15. The van der Waals surface area contributed by atoms with Crippen LogP contribution in [0.4, 0.5) is 5.82 Å². The fourth-order valence-corrected chi connectivity index (χ4v) is 2.30. The van der Waals surface area contributed by atoms with Crippen LogP contribution < -0.4 is 6.64 Å². The molecule has 0 amide bonds. The molecule has 0 atom stereocenters. The van der Waals surface area contributed by atoms with Gasteiger partial charge in [0.15, 0.2) is 0 Å². The van der Waals surface area contributed by atoms with Crippen LogP contribution in [0.3, 0.4) is 0 Å². The lowest BCUT2D eigenvalue weighted by molar-refractivity contribution is 0.942. The number of nitrogens with zero attached hydrogens (tertiary/aromatic N) is 3. The van der Waals surface area contributed by atoms with E-state index in [1.807, 2.05) is 24.3 Å². The lowest BCUT2D eigenvalue weighted by atomic mass is 10.2. The summed E-state index contributed by atoms with van der Waals surface area (Å²) in [5.41, 5.74) is 0.983. The van der Waals surface area contributed by atoms with Gasteiger partial charge in [-0.25, -0.2) is 9.97 Å². The van der Waals surface area contributed by atoms with Crippen LogP contribution in [0.5, 0.6) is 0 Å². The highest BCUT2D eigenvalue weighted by Crippen LogP contribution is 2.24. The van der Waals surface area contributed by atoms with Gasteiger partial charge in [-0.2, -0.15) is 0 Å². The topological polar surface area (TPSA) is 41.0 Å². The number of hydrogen-bond acceptors (Lipinski definition) is 4. The van der Waals surface area contributed by atoms with Crippen molar-refractivity contribution in [2.75, 3.05) is 16.2 Å². The molecule has 0 bridgehead atoms. The smallest absolute Gasteiger partial charge is 0.148 e. The van der Waals surface area contributed by atoms with E-state index < -0.39 is 0 Å². The van der Waals surface area contributed by atoms with Crippen LogP contribution in [0.25, 0.3) is 10.9 Å². The van der Waals surface area contributed by atoms with Gasteiger partial charge in [0, 0.05) is 41.3 Å². The Morgan fingerprint density at radius 1 is 1.25 bits per heavy atom. The highest BCUT2D eigenvalue weighted by atomic mass is 127. The number of nitrogens with one attached hydrogen (secondary N) is 1. The molecule has 1 aromatic heterocycles. The molecule has 6 heteroatoms. The first-order chi connectivity index (χ1) is 7.83. The van der Waals surface area contributed by atoms with Crippen molar-refractivity contribution in [3.63, 3.8) is 0 Å². The maximum atomic E-state index is 4.34. The van der Waals surface area contributed by atoms with Crippen LogP contribution in [0.1, 0.15) is 0 Å². The predicted molar refractivity (Wildman–Crippen MR) is 82.9 cm³/mol. The number of rotatable bonds is 4. The highest BCUT2D eigenvalue weighted by Gasteiger charge is 2.08. The molecule has 2 rings (SSSR count). The molecule has 1 heterocycles. The summed E-state index contributed by atoms with van der Waals surface area (Å²) < 4.78 is 5.20. The van der Waals surface area contributed by atoms with Crippen molar-refractivity contribution in [3.8, 4) is 0 Å². The number of anilines is 1. The van der Waals surface area contributed by atoms with Crippen molar-refractivity contribution < 1.29 is 0 Å². The van der Waals surface area contributed by atoms with E-state index in [0.29, 0.717) is 0 Å². The van der Waals surface area contributed by atoms with Gasteiger partial charge in [-0.05, 0) is 12.1 Å². The lowest BCUT2D eigenvalue weighted by Crippen LogP contribution is -2.20. The number of halogens is 2. The lowest BCUT2D eigenvalue weighted by Gasteiger charge is -2.16. The maximum absolute atomic E-state index is 4.34. The Morgan fingerprint density at radius 2 is 2.06 bits per heavy atom. The van der Waals surface area contributed by atoms with Crippen LogP contribution in [0.2, 0.25) is 0 Å². The molecule has 0 unspecified atom stereocenters. The summed E-state index contributed by atoms with van der Waals surface area (Å²) in [7, 11) is 0. The molecule has 0 saturated heterocycles. The van der Waals surface area contributed by atoms with E-state index in [2.05, 4.69) is 62.3 Å². The van der Waals surface area contributed by atoms with Gasteiger partial charge in [0.2, 0.25) is 0 Å². The molecular weight excluding hydrogens is 430 g/mol. The Bertz CT molecular complexity index is 472. The Balaban J connectivity index is 2.36. The van der Waals surface area contributed by atoms with Gasteiger partial charge in [-0.1, -0.05) is 12.1 Å². The minimum Gasteiger partial charge on any atom is -0.297 e. The summed E-state index contributed by atoms with van der Waals surface area (Å²) in [4.78, 5) is 8.58. The van der Waals surface area contributed by atoms with E-state index in [0.717, 1.165) is 29.8 Å². The largest absolute Gasteiger partial charge is 0.297 e. The third kappa shape index (κ3) is 2.72. The van der Waals surface area contributed by atoms with Crippen LogP contribution in [0.15, 0.2) is 30.6 Å². The van der Waals surface area contributed by atoms with Crippen LogP contribution >= 0.6 is 45.7 Å². The van der Waals surface area contributed by atoms with Crippen LogP contribution in [0, 0.1) is 0 Å². The minimum atomic E-state index is 0.907. The summed E-state index contributed by atoms with van der Waals surface area (Å²) >= 11 is 4.42. The fourth-order valence-electron chi connectivity index (χ4n) is 1.43. The number of para-hydroxylation sites is 1. The molecule has 16 heavy (non-hydrogen) atoms. The van der Waals surface area contributed by atoms with Crippen molar-refractivity contribution in [3.05, 3.63) is 30.6 Å². The number of fused-ring (bicyclic) bond motifs is 1. The fraction of sp³-hybridized carbons (Fsp3) is 0.200. The Morgan fingerprint density at radius 3 is 2.88 bits per heavy atom. The molecule has 0 spiro atoms. The first-order valence-electron chi connectivity index (χ1n) is 4.79. The SMILES string of the molecule is INCCN(I)c1ncnc2ccccc12. The molecule has 0 aliphatic heterocycles. The van der Waals surface area contributed by atoms with Crippen LogP contribution in [-0.4, -0.2) is 23.1 Å². The molecule has 1 aromatic carbocycles. The molecule has 0 aliphatic carbocycles. The Hall–Kier alpha value is -0.220. The van der Waals surface area contributed by atoms with Gasteiger partial charge in [0.25, 0.3) is 0 Å². The van der Waals surface area contributed by atoms with E-state index >= 15 is 0 Å². The molecule has 84 valence electrons. The zero-order valence-corrected chi connectivity index (χ0v) is 12.7. The molecule has 0 fully saturated rings. The van der Waals surface area contributed by atoms with Gasteiger partial charge in [-0.3, -0.25) is 6.64 Å². The second-order valence-corrected chi connectivity index (χ2v) is 5.11. The van der Waals surface area contributed by atoms with Crippen molar-refractivity contribution in [2.45, 2.75) is 0 Å². The van der Waals surface area contributed by atoms with E-state index in [9.17, 15) is 0 Å². The predicted octanol–water partition coefficient (Wildman–Crippen LogP) is 2.73. The van der Waals surface area contributed by atoms with E-state index in [4.69, 9.17) is 0 Å². The summed E-state index contributed by atoms with van der Waals surface area (Å²) in [5.74, 6) is 0.970. The van der Waals surface area contributed by atoms with Crippen molar-refractivity contribution in [1.82, 2.24) is 13.5 Å². The molecule has 1 N–H and O–H groups in total. The first-order valence-corrected chi connectivity index (χ1v) is 6.84. The minimum absolute atomic E-state index is 0.907. The zero-order chi connectivity index (χ0) is 11.4. The second-order valence-electron chi connectivity index (χ2n) is 3.18. The summed E-state index contributed by atoms with van der Waals surface area (Å²) in [6.07, 6.45) is 1.61. The van der Waals surface area contributed by atoms with E-state index in [-0.39, 0.29) is 0 Å². The number of benzene rings is 1. The molecular formula is C10H10I2N4. The highest BCUT2D eigenvalue weighted by molar-refractivity contribution is 14.1. The summed E-state index contributed by atoms with van der Waals surface area (Å²) in [6, 6.07) is 8.05. The van der Waals surface area contributed by atoms with Crippen molar-refractivity contribution >= 4 is 62.4 Å². The molecule has 0 aliphatic rings. The Labute approximate surface area is 122 Å². The van der Waals surface area contributed by atoms with E-state index in [1.165, 1.54) is 0 Å². The van der Waals surface area contributed by atoms with E-state index in [1.54, 1.807) is 6.33 Å². The average Bonchev–Trinajstić information content (AvgIpc) is 2.35. The average molecular weight is 440 g/mol. The normalized spacial score (nSPS) is 10.6. The Kier molecular flexibility index (Phi) is 4.53. The van der Waals surface area contributed by atoms with Gasteiger partial charge in [0.1, 0.15) is 12.1 Å². The maximum Gasteiger partial charge on any atom is 0.148 e. The standard InChI is InChI=1S/C10H10I2N4/c11-15-5-6-16(12)10-8-3-1-2-4-9(8)13-7-14-10/h1-4,7,15H,5-6H2. The molecule has 2 aromatic rings. The zero-order valence-electron chi connectivity index (χ0n) is 8.40. The number of hydrogen-bond donors (Lipinski definition) is 1. The quantitative estimate of drug-likeness (QED) is 0.587. The summed E-state index contributed by atoms with van der Waals surface area (Å²) in [6.45, 7) is 1.83. The second kappa shape index (κ2) is 5.92. The third-order valence-corrected chi connectivity index (χ3v) is 3.63. The van der Waals surface area contributed by atoms with Gasteiger partial charge >= 0.3 is 0 Å².